The van der Waals surface area contributed by atoms with Crippen molar-refractivity contribution in [2.45, 2.75) is 6.18 Å². The standard InChI is InChI=1S/C12H8F3N5/c13-12(14,15)10-3-1-2-8(18-10)9-6-7(16)11-17-4-5-20(11)19-9/h1-6H,16H2. The average Bonchev–Trinajstić information content (AvgIpc) is 2.87. The largest absolute Gasteiger partial charge is 0.433 e. The monoisotopic (exact) mass is 279 g/mol. The number of aromatic nitrogens is 4. The summed E-state index contributed by atoms with van der Waals surface area (Å²) in [4.78, 5) is 7.55. The molecule has 0 spiro atoms. The first kappa shape index (κ1) is 12.4. The number of hydrogen-bond donors (Lipinski definition) is 1. The number of nitrogens with zero attached hydrogens (tertiary/aromatic N) is 4. The molecule has 102 valence electrons. The van der Waals surface area contributed by atoms with Crippen LogP contribution >= 0.6 is 0 Å². The molecule has 2 N–H and O–H groups in total. The predicted octanol–water partition coefficient (Wildman–Crippen LogP) is 2.39. The molecule has 3 rings (SSSR count). The Labute approximate surface area is 110 Å². The summed E-state index contributed by atoms with van der Waals surface area (Å²) < 4.78 is 39.3. The first-order chi connectivity index (χ1) is 9.45. The van der Waals surface area contributed by atoms with Crippen LogP contribution in [0.4, 0.5) is 18.9 Å². The van der Waals surface area contributed by atoms with Crippen LogP contribution in [-0.2, 0) is 6.18 Å². The zero-order valence-corrected chi connectivity index (χ0v) is 9.96. The third-order valence-corrected chi connectivity index (χ3v) is 2.69. The van der Waals surface area contributed by atoms with Crippen molar-refractivity contribution in [3.05, 3.63) is 42.4 Å². The van der Waals surface area contributed by atoms with Crippen LogP contribution < -0.4 is 5.73 Å². The SMILES string of the molecule is Nc1cc(-c2cccc(C(F)(F)F)n2)nn2ccnc12. The van der Waals surface area contributed by atoms with E-state index in [-0.39, 0.29) is 11.4 Å². The van der Waals surface area contributed by atoms with Gasteiger partial charge >= 0.3 is 6.18 Å². The van der Waals surface area contributed by atoms with Crippen LogP contribution in [0.1, 0.15) is 5.69 Å². The van der Waals surface area contributed by atoms with Crippen molar-refractivity contribution in [1.29, 1.82) is 0 Å². The molecular formula is C12H8F3N5. The molecule has 0 atom stereocenters. The smallest absolute Gasteiger partial charge is 0.396 e. The Morgan fingerprint density at radius 3 is 2.70 bits per heavy atom. The van der Waals surface area contributed by atoms with Gasteiger partial charge in [0, 0.05) is 12.4 Å². The van der Waals surface area contributed by atoms with Crippen LogP contribution in [0.5, 0.6) is 0 Å². The van der Waals surface area contributed by atoms with Crippen LogP contribution in [0.3, 0.4) is 0 Å². The van der Waals surface area contributed by atoms with Crippen LogP contribution in [0.25, 0.3) is 17.0 Å². The quantitative estimate of drug-likeness (QED) is 0.742. The lowest BCUT2D eigenvalue weighted by atomic mass is 10.2. The van der Waals surface area contributed by atoms with Gasteiger partial charge in [0.05, 0.1) is 11.4 Å². The molecule has 5 nitrogen and oxygen atoms in total. The zero-order valence-electron chi connectivity index (χ0n) is 9.96. The molecular weight excluding hydrogens is 271 g/mol. The number of halogens is 3. The average molecular weight is 279 g/mol. The van der Waals surface area contributed by atoms with Gasteiger partial charge in [-0.2, -0.15) is 18.3 Å². The van der Waals surface area contributed by atoms with E-state index in [2.05, 4.69) is 15.1 Å². The summed E-state index contributed by atoms with van der Waals surface area (Å²) in [6.45, 7) is 0. The van der Waals surface area contributed by atoms with Gasteiger partial charge < -0.3 is 5.73 Å². The van der Waals surface area contributed by atoms with Crippen molar-refractivity contribution < 1.29 is 13.2 Å². The number of rotatable bonds is 1. The molecule has 3 aromatic rings. The molecule has 20 heavy (non-hydrogen) atoms. The Kier molecular flexibility index (Phi) is 2.60. The minimum Gasteiger partial charge on any atom is -0.396 e. The molecule has 3 aromatic heterocycles. The predicted molar refractivity (Wildman–Crippen MR) is 65.6 cm³/mol. The molecule has 0 fully saturated rings. The topological polar surface area (TPSA) is 69.1 Å². The Bertz CT molecular complexity index is 778. The van der Waals surface area contributed by atoms with Gasteiger partial charge in [-0.3, -0.25) is 0 Å². The molecule has 0 aliphatic rings. The summed E-state index contributed by atoms with van der Waals surface area (Å²) in [7, 11) is 0. The maximum atomic E-state index is 12.6. The van der Waals surface area contributed by atoms with Crippen molar-refractivity contribution in [2.24, 2.45) is 0 Å². The van der Waals surface area contributed by atoms with E-state index in [1.807, 2.05) is 0 Å². The normalized spacial score (nSPS) is 11.9. The third kappa shape index (κ3) is 2.04. The Morgan fingerprint density at radius 2 is 1.95 bits per heavy atom. The van der Waals surface area contributed by atoms with Crippen molar-refractivity contribution in [3.63, 3.8) is 0 Å². The van der Waals surface area contributed by atoms with Gasteiger partial charge in [-0.1, -0.05) is 6.07 Å². The fourth-order valence-corrected chi connectivity index (χ4v) is 1.80. The van der Waals surface area contributed by atoms with E-state index in [4.69, 9.17) is 5.73 Å². The first-order valence-electron chi connectivity index (χ1n) is 5.59. The van der Waals surface area contributed by atoms with Gasteiger partial charge in [0.25, 0.3) is 0 Å². The maximum Gasteiger partial charge on any atom is 0.433 e. The molecule has 0 unspecified atom stereocenters. The summed E-state index contributed by atoms with van der Waals surface area (Å²) in [5, 5.41) is 4.13. The van der Waals surface area contributed by atoms with E-state index in [0.717, 1.165) is 6.07 Å². The number of imidazole rings is 1. The van der Waals surface area contributed by atoms with E-state index in [9.17, 15) is 13.2 Å². The lowest BCUT2D eigenvalue weighted by Gasteiger charge is -2.08. The Morgan fingerprint density at radius 1 is 1.15 bits per heavy atom. The zero-order chi connectivity index (χ0) is 14.3. The lowest BCUT2D eigenvalue weighted by Crippen LogP contribution is -2.08. The Hall–Kier alpha value is -2.64. The fourth-order valence-electron chi connectivity index (χ4n) is 1.80. The molecule has 0 aliphatic heterocycles. The molecule has 0 saturated heterocycles. The fraction of sp³-hybridized carbons (Fsp3) is 0.0833. The van der Waals surface area contributed by atoms with E-state index in [1.54, 1.807) is 6.20 Å². The lowest BCUT2D eigenvalue weighted by molar-refractivity contribution is -0.141. The molecule has 8 heteroatoms. The number of hydrogen-bond acceptors (Lipinski definition) is 4. The number of anilines is 1. The molecule has 0 aromatic carbocycles. The molecule has 3 heterocycles. The summed E-state index contributed by atoms with van der Waals surface area (Å²) in [6, 6.07) is 5.08. The summed E-state index contributed by atoms with van der Waals surface area (Å²) in [6.07, 6.45) is -1.44. The minimum absolute atomic E-state index is 0.0992. The molecule has 0 saturated carbocycles. The summed E-state index contributed by atoms with van der Waals surface area (Å²) in [5.74, 6) is 0. The van der Waals surface area contributed by atoms with Gasteiger partial charge in [-0.25, -0.2) is 14.5 Å². The number of nitrogens with two attached hydrogens (primary N) is 1. The van der Waals surface area contributed by atoms with Crippen LogP contribution in [0, 0.1) is 0 Å². The number of nitrogen functional groups attached to an aromatic ring is 1. The van der Waals surface area contributed by atoms with E-state index in [0.29, 0.717) is 11.3 Å². The van der Waals surface area contributed by atoms with Gasteiger partial charge in [-0.15, -0.1) is 0 Å². The highest BCUT2D eigenvalue weighted by Crippen LogP contribution is 2.29. The van der Waals surface area contributed by atoms with Crippen LogP contribution in [-0.4, -0.2) is 19.6 Å². The highest BCUT2D eigenvalue weighted by Gasteiger charge is 2.32. The van der Waals surface area contributed by atoms with Crippen molar-refractivity contribution in [2.75, 3.05) is 5.73 Å². The number of alkyl halides is 3. The van der Waals surface area contributed by atoms with E-state index >= 15 is 0 Å². The molecule has 0 bridgehead atoms. The van der Waals surface area contributed by atoms with Gasteiger partial charge in [-0.05, 0) is 18.2 Å². The van der Waals surface area contributed by atoms with E-state index < -0.39 is 11.9 Å². The summed E-state index contributed by atoms with van der Waals surface area (Å²) >= 11 is 0. The Balaban J connectivity index is 2.15. The van der Waals surface area contributed by atoms with Crippen molar-refractivity contribution in [1.82, 2.24) is 19.6 Å². The summed E-state index contributed by atoms with van der Waals surface area (Å²) in [5.41, 5.74) is 5.93. The van der Waals surface area contributed by atoms with Crippen LogP contribution in [0.15, 0.2) is 36.7 Å². The van der Waals surface area contributed by atoms with Gasteiger partial charge in [0.15, 0.2) is 5.65 Å². The highest BCUT2D eigenvalue weighted by atomic mass is 19.4. The first-order valence-corrected chi connectivity index (χ1v) is 5.59. The molecule has 0 amide bonds. The highest BCUT2D eigenvalue weighted by molar-refractivity contribution is 5.70. The second-order valence-electron chi connectivity index (χ2n) is 4.09. The molecule has 0 aliphatic carbocycles. The minimum atomic E-state index is -4.50. The number of fused-ring (bicyclic) bond motifs is 1. The van der Waals surface area contributed by atoms with Crippen molar-refractivity contribution >= 4 is 11.3 Å². The molecule has 0 radical (unpaired) electrons. The number of pyridine rings is 1. The second kappa shape index (κ2) is 4.19. The maximum absolute atomic E-state index is 12.6. The van der Waals surface area contributed by atoms with Gasteiger partial charge in [0.1, 0.15) is 11.4 Å². The van der Waals surface area contributed by atoms with Gasteiger partial charge in [0.2, 0.25) is 0 Å². The third-order valence-electron chi connectivity index (χ3n) is 2.69. The van der Waals surface area contributed by atoms with Crippen LogP contribution in [0.2, 0.25) is 0 Å². The van der Waals surface area contributed by atoms with Crippen molar-refractivity contribution in [3.8, 4) is 11.4 Å². The van der Waals surface area contributed by atoms with E-state index in [1.165, 1.54) is 28.9 Å². The second-order valence-corrected chi connectivity index (χ2v) is 4.09.